The molecule has 0 saturated heterocycles. The van der Waals surface area contributed by atoms with Gasteiger partial charge in [0.25, 0.3) is 0 Å². The van der Waals surface area contributed by atoms with E-state index in [4.69, 9.17) is 4.74 Å². The predicted octanol–water partition coefficient (Wildman–Crippen LogP) is 6.75. The van der Waals surface area contributed by atoms with E-state index in [1.165, 1.54) is 83.1 Å². The van der Waals surface area contributed by atoms with Gasteiger partial charge < -0.3 is 4.74 Å². The summed E-state index contributed by atoms with van der Waals surface area (Å²) in [5, 5.41) is 0. The highest BCUT2D eigenvalue weighted by Gasteiger charge is 1.95. The van der Waals surface area contributed by atoms with Crippen LogP contribution in [0.1, 0.15) is 96.8 Å². The van der Waals surface area contributed by atoms with Gasteiger partial charge in [0, 0.05) is 6.08 Å². The summed E-state index contributed by atoms with van der Waals surface area (Å²) in [6.07, 6.45) is 24.0. The van der Waals surface area contributed by atoms with Crippen LogP contribution >= 0.6 is 0 Å². The third-order valence-corrected chi connectivity index (χ3v) is 4.07. The fraction of sp³-hybridized carbons (Fsp3) is 0.762. The standard InChI is InChI=1S/C21H38O2/c1-3-5-6-7-8-9-10-11-12-13-14-15-16-17-18-19-20-23-21(22)4-2/h4,10-11H,2-3,5-9,12-20H2,1H3/b11-10+. The number of esters is 1. The summed E-state index contributed by atoms with van der Waals surface area (Å²) in [6.45, 7) is 6.18. The predicted molar refractivity (Wildman–Crippen MR) is 101 cm³/mol. The first-order valence-corrected chi connectivity index (χ1v) is 9.75. The Morgan fingerprint density at radius 3 is 1.78 bits per heavy atom. The lowest BCUT2D eigenvalue weighted by Crippen LogP contribution is -2.01. The van der Waals surface area contributed by atoms with Crippen molar-refractivity contribution >= 4 is 5.97 Å². The maximum Gasteiger partial charge on any atom is 0.330 e. The molecule has 0 aliphatic heterocycles. The normalized spacial score (nSPS) is 11.0. The third-order valence-electron chi connectivity index (χ3n) is 4.07. The Balaban J connectivity index is 3.10. The van der Waals surface area contributed by atoms with Crippen molar-refractivity contribution in [1.29, 1.82) is 0 Å². The molecule has 2 nitrogen and oxygen atoms in total. The molecule has 0 unspecified atom stereocenters. The van der Waals surface area contributed by atoms with E-state index in [2.05, 4.69) is 25.7 Å². The summed E-state index contributed by atoms with van der Waals surface area (Å²) >= 11 is 0. The number of ether oxygens (including phenoxy) is 1. The van der Waals surface area contributed by atoms with E-state index in [1.54, 1.807) is 0 Å². The molecular formula is C21H38O2. The highest BCUT2D eigenvalue weighted by molar-refractivity contribution is 5.81. The first-order valence-electron chi connectivity index (χ1n) is 9.75. The summed E-state index contributed by atoms with van der Waals surface area (Å²) in [6, 6.07) is 0. The molecule has 0 radical (unpaired) electrons. The summed E-state index contributed by atoms with van der Waals surface area (Å²) < 4.78 is 4.95. The smallest absolute Gasteiger partial charge is 0.330 e. The molecule has 0 saturated carbocycles. The lowest BCUT2D eigenvalue weighted by molar-refractivity contribution is -0.137. The Kier molecular flexibility index (Phi) is 18.1. The lowest BCUT2D eigenvalue weighted by atomic mass is 10.1. The average molecular weight is 323 g/mol. The SMILES string of the molecule is C=CC(=O)OCCCCCCCCC/C=C/CCCCCCC. The van der Waals surface area contributed by atoms with Crippen LogP contribution < -0.4 is 0 Å². The molecule has 0 heterocycles. The topological polar surface area (TPSA) is 26.3 Å². The molecule has 0 aromatic heterocycles. The van der Waals surface area contributed by atoms with E-state index < -0.39 is 0 Å². The van der Waals surface area contributed by atoms with Crippen LogP contribution in [-0.2, 0) is 9.53 Å². The minimum Gasteiger partial charge on any atom is -0.463 e. The van der Waals surface area contributed by atoms with E-state index in [-0.39, 0.29) is 5.97 Å². The Bertz CT molecular complexity index is 294. The van der Waals surface area contributed by atoms with Crippen molar-refractivity contribution in [2.45, 2.75) is 96.8 Å². The zero-order valence-corrected chi connectivity index (χ0v) is 15.4. The van der Waals surface area contributed by atoms with Crippen molar-refractivity contribution in [3.05, 3.63) is 24.8 Å². The summed E-state index contributed by atoms with van der Waals surface area (Å²) in [7, 11) is 0. The van der Waals surface area contributed by atoms with E-state index in [9.17, 15) is 4.79 Å². The molecular weight excluding hydrogens is 284 g/mol. The largest absolute Gasteiger partial charge is 0.463 e. The van der Waals surface area contributed by atoms with Crippen molar-refractivity contribution in [3.63, 3.8) is 0 Å². The Morgan fingerprint density at radius 1 is 0.783 bits per heavy atom. The number of carbonyl (C=O) groups excluding carboxylic acids is 1. The van der Waals surface area contributed by atoms with Gasteiger partial charge in [-0.15, -0.1) is 0 Å². The second-order valence-electron chi connectivity index (χ2n) is 6.31. The van der Waals surface area contributed by atoms with Gasteiger partial charge in [-0.3, -0.25) is 0 Å². The fourth-order valence-corrected chi connectivity index (χ4v) is 2.58. The van der Waals surface area contributed by atoms with E-state index in [0.717, 1.165) is 12.8 Å². The van der Waals surface area contributed by atoms with E-state index in [0.29, 0.717) is 6.61 Å². The number of carbonyl (C=O) groups is 1. The van der Waals surface area contributed by atoms with Crippen molar-refractivity contribution in [3.8, 4) is 0 Å². The molecule has 0 aliphatic carbocycles. The lowest BCUT2D eigenvalue weighted by Gasteiger charge is -2.02. The minimum atomic E-state index is -0.306. The molecule has 0 aliphatic rings. The van der Waals surface area contributed by atoms with Crippen LogP contribution in [-0.4, -0.2) is 12.6 Å². The molecule has 2 heteroatoms. The van der Waals surface area contributed by atoms with Crippen LogP contribution in [0.3, 0.4) is 0 Å². The minimum absolute atomic E-state index is 0.306. The fourth-order valence-electron chi connectivity index (χ4n) is 2.58. The number of allylic oxidation sites excluding steroid dienone is 2. The quantitative estimate of drug-likeness (QED) is 0.128. The Hall–Kier alpha value is -1.05. The first-order chi connectivity index (χ1) is 11.3. The van der Waals surface area contributed by atoms with Crippen molar-refractivity contribution in [1.82, 2.24) is 0 Å². The van der Waals surface area contributed by atoms with Gasteiger partial charge in [-0.2, -0.15) is 0 Å². The number of hydrogen-bond acceptors (Lipinski definition) is 2. The molecule has 0 atom stereocenters. The summed E-state index contributed by atoms with van der Waals surface area (Å²) in [5.74, 6) is -0.306. The van der Waals surface area contributed by atoms with Gasteiger partial charge in [0.05, 0.1) is 6.61 Å². The molecule has 0 N–H and O–H groups in total. The maximum absolute atomic E-state index is 10.8. The van der Waals surface area contributed by atoms with Crippen LogP contribution in [0.25, 0.3) is 0 Å². The van der Waals surface area contributed by atoms with Gasteiger partial charge in [0.1, 0.15) is 0 Å². The van der Waals surface area contributed by atoms with Crippen LogP contribution in [0.15, 0.2) is 24.8 Å². The number of rotatable bonds is 17. The van der Waals surface area contributed by atoms with E-state index in [1.807, 2.05) is 0 Å². The molecule has 0 bridgehead atoms. The summed E-state index contributed by atoms with van der Waals surface area (Å²) in [4.78, 5) is 10.8. The summed E-state index contributed by atoms with van der Waals surface area (Å²) in [5.41, 5.74) is 0. The van der Waals surface area contributed by atoms with Gasteiger partial charge in [0.15, 0.2) is 0 Å². The molecule has 0 aromatic carbocycles. The average Bonchev–Trinajstić information content (AvgIpc) is 2.57. The van der Waals surface area contributed by atoms with Gasteiger partial charge in [-0.25, -0.2) is 4.79 Å². The van der Waals surface area contributed by atoms with E-state index >= 15 is 0 Å². The zero-order valence-electron chi connectivity index (χ0n) is 15.4. The second kappa shape index (κ2) is 19.0. The van der Waals surface area contributed by atoms with Gasteiger partial charge >= 0.3 is 5.97 Å². The second-order valence-corrected chi connectivity index (χ2v) is 6.31. The highest BCUT2D eigenvalue weighted by Crippen LogP contribution is 2.10. The first kappa shape index (κ1) is 21.9. The molecule has 0 spiro atoms. The third kappa shape index (κ3) is 18.9. The van der Waals surface area contributed by atoms with Crippen molar-refractivity contribution < 1.29 is 9.53 Å². The van der Waals surface area contributed by atoms with Crippen LogP contribution in [0.2, 0.25) is 0 Å². The molecule has 0 rings (SSSR count). The molecule has 0 aromatic rings. The maximum atomic E-state index is 10.8. The van der Waals surface area contributed by atoms with Gasteiger partial charge in [0.2, 0.25) is 0 Å². The number of unbranched alkanes of at least 4 members (excludes halogenated alkanes) is 12. The number of hydrogen-bond donors (Lipinski definition) is 0. The molecule has 0 amide bonds. The van der Waals surface area contributed by atoms with Crippen LogP contribution in [0.5, 0.6) is 0 Å². The van der Waals surface area contributed by atoms with Crippen LogP contribution in [0, 0.1) is 0 Å². The van der Waals surface area contributed by atoms with Crippen LogP contribution in [0.4, 0.5) is 0 Å². The van der Waals surface area contributed by atoms with Crippen molar-refractivity contribution in [2.75, 3.05) is 6.61 Å². The van der Waals surface area contributed by atoms with Crippen molar-refractivity contribution in [2.24, 2.45) is 0 Å². The highest BCUT2D eigenvalue weighted by atomic mass is 16.5. The Labute approximate surface area is 144 Å². The Morgan fingerprint density at radius 2 is 1.26 bits per heavy atom. The van der Waals surface area contributed by atoms with Gasteiger partial charge in [-0.1, -0.05) is 83.4 Å². The molecule has 0 fully saturated rings. The zero-order chi connectivity index (χ0) is 17.0. The van der Waals surface area contributed by atoms with Gasteiger partial charge in [-0.05, 0) is 32.1 Å². The monoisotopic (exact) mass is 322 g/mol. The molecule has 134 valence electrons. The molecule has 23 heavy (non-hydrogen) atoms.